The fourth-order valence-electron chi connectivity index (χ4n) is 1.90. The van der Waals surface area contributed by atoms with Gasteiger partial charge in [-0.15, -0.1) is 0 Å². The van der Waals surface area contributed by atoms with E-state index in [9.17, 15) is 34.2 Å². The molecule has 0 saturated heterocycles. The van der Waals surface area contributed by atoms with Crippen LogP contribution in [0.4, 0.5) is 0 Å². The number of rotatable bonds is 12. The largest absolute Gasteiger partial charge is 0.481 e. The Labute approximate surface area is 153 Å². The predicted molar refractivity (Wildman–Crippen MR) is 88.1 cm³/mol. The molecule has 3 amide bonds. The Balaban J connectivity index is 5.24. The average Bonchev–Trinajstić information content (AvgIpc) is 2.59. The van der Waals surface area contributed by atoms with Crippen molar-refractivity contribution in [3.8, 4) is 0 Å². The van der Waals surface area contributed by atoms with Crippen LogP contribution >= 0.6 is 0 Å². The summed E-state index contributed by atoms with van der Waals surface area (Å²) < 4.78 is 0. The zero-order valence-electron chi connectivity index (χ0n) is 14.5. The summed E-state index contributed by atoms with van der Waals surface area (Å²) in [5, 5.41) is 42.5. The average molecular weight is 392 g/mol. The maximum atomic E-state index is 12.2. The number of carbonyl (C=O) groups is 5. The van der Waals surface area contributed by atoms with Crippen molar-refractivity contribution in [1.29, 1.82) is 0 Å². The monoisotopic (exact) mass is 392 g/mol. The first-order valence-electron chi connectivity index (χ1n) is 7.87. The lowest BCUT2D eigenvalue weighted by Crippen LogP contribution is -2.58. The number of carbonyl (C=O) groups excluding carboxylic acids is 3. The number of carboxylic acid groups (broad SMARTS) is 2. The molecule has 0 aromatic carbocycles. The lowest BCUT2D eigenvalue weighted by atomic mass is 10.1. The highest BCUT2D eigenvalue weighted by Gasteiger charge is 2.31. The summed E-state index contributed by atoms with van der Waals surface area (Å²) in [4.78, 5) is 57.4. The molecule has 0 aliphatic heterocycles. The molecule has 0 aromatic heterocycles. The maximum Gasteiger partial charge on any atom is 0.328 e. The summed E-state index contributed by atoms with van der Waals surface area (Å²) in [6.07, 6.45) is -2.40. The van der Waals surface area contributed by atoms with Crippen molar-refractivity contribution < 1.29 is 44.4 Å². The number of amides is 3. The van der Waals surface area contributed by atoms with Gasteiger partial charge in [-0.25, -0.2) is 4.79 Å². The summed E-state index contributed by atoms with van der Waals surface area (Å²) in [7, 11) is 0. The highest BCUT2D eigenvalue weighted by Crippen LogP contribution is 2.02. The minimum absolute atomic E-state index is 0.401. The normalized spacial score (nSPS) is 15.0. The van der Waals surface area contributed by atoms with Crippen molar-refractivity contribution in [1.82, 2.24) is 16.0 Å². The summed E-state index contributed by atoms with van der Waals surface area (Å²) >= 11 is 0. The van der Waals surface area contributed by atoms with E-state index in [4.69, 9.17) is 15.9 Å². The predicted octanol–water partition coefficient (Wildman–Crippen LogP) is -4.28. The van der Waals surface area contributed by atoms with Crippen LogP contribution in [0, 0.1) is 0 Å². The van der Waals surface area contributed by atoms with Gasteiger partial charge in [0.2, 0.25) is 17.7 Å². The number of hydrogen-bond donors (Lipinski definition) is 8. The Kier molecular flexibility index (Phi) is 10.6. The molecular formula is C14H24N4O9. The molecule has 0 aromatic rings. The lowest BCUT2D eigenvalue weighted by Gasteiger charge is -2.24. The Bertz CT molecular complexity index is 567. The first-order chi connectivity index (χ1) is 12.5. The van der Waals surface area contributed by atoms with Crippen LogP contribution in [0.25, 0.3) is 0 Å². The fourth-order valence-corrected chi connectivity index (χ4v) is 1.90. The molecule has 0 rings (SSSR count). The molecule has 0 radical (unpaired) electrons. The third-order valence-electron chi connectivity index (χ3n) is 3.35. The van der Waals surface area contributed by atoms with Gasteiger partial charge >= 0.3 is 11.9 Å². The zero-order chi connectivity index (χ0) is 21.1. The second-order valence-corrected chi connectivity index (χ2v) is 5.57. The number of aliphatic carboxylic acids is 2. The molecule has 13 nitrogen and oxygen atoms in total. The van der Waals surface area contributed by atoms with E-state index in [0.29, 0.717) is 0 Å². The van der Waals surface area contributed by atoms with E-state index in [-0.39, 0.29) is 0 Å². The molecule has 4 unspecified atom stereocenters. The molecule has 0 fully saturated rings. The quantitative estimate of drug-likeness (QED) is 0.159. The van der Waals surface area contributed by atoms with Gasteiger partial charge in [0.1, 0.15) is 12.1 Å². The summed E-state index contributed by atoms with van der Waals surface area (Å²) in [6, 6.07) is -4.63. The Morgan fingerprint density at radius 1 is 0.963 bits per heavy atom. The van der Waals surface area contributed by atoms with E-state index < -0.39 is 79.9 Å². The number of aliphatic hydroxyl groups is 2. The molecule has 154 valence electrons. The third-order valence-corrected chi connectivity index (χ3v) is 3.35. The van der Waals surface area contributed by atoms with Crippen LogP contribution in [0.15, 0.2) is 0 Å². The minimum atomic E-state index is -1.69. The van der Waals surface area contributed by atoms with Gasteiger partial charge in [-0.1, -0.05) is 0 Å². The van der Waals surface area contributed by atoms with E-state index in [2.05, 4.69) is 10.6 Å². The third kappa shape index (κ3) is 8.94. The molecule has 13 heteroatoms. The minimum Gasteiger partial charge on any atom is -0.481 e. The van der Waals surface area contributed by atoms with E-state index in [1.54, 1.807) is 0 Å². The SMILES string of the molecule is CC(O)C(NC(=O)C(CCC(=O)O)NC(=O)C(CO)NC(=O)CN)C(=O)O. The molecule has 0 aliphatic carbocycles. The van der Waals surface area contributed by atoms with Crippen molar-refractivity contribution in [2.24, 2.45) is 5.73 Å². The molecule has 0 saturated carbocycles. The molecule has 0 spiro atoms. The van der Waals surface area contributed by atoms with Crippen LogP contribution in [-0.2, 0) is 24.0 Å². The van der Waals surface area contributed by atoms with Gasteiger partial charge < -0.3 is 42.1 Å². The molecule has 4 atom stereocenters. The van der Waals surface area contributed by atoms with E-state index >= 15 is 0 Å². The fraction of sp³-hybridized carbons (Fsp3) is 0.643. The van der Waals surface area contributed by atoms with Gasteiger partial charge in [0.05, 0.1) is 19.3 Å². The van der Waals surface area contributed by atoms with Crippen molar-refractivity contribution >= 4 is 29.7 Å². The number of hydrogen-bond acceptors (Lipinski definition) is 8. The van der Waals surface area contributed by atoms with Gasteiger partial charge in [0, 0.05) is 6.42 Å². The Hall–Kier alpha value is -2.77. The molecule has 0 bridgehead atoms. The van der Waals surface area contributed by atoms with Crippen LogP contribution in [0.1, 0.15) is 19.8 Å². The van der Waals surface area contributed by atoms with Gasteiger partial charge in [-0.2, -0.15) is 0 Å². The summed E-state index contributed by atoms with van der Waals surface area (Å²) in [5.74, 6) is -5.63. The zero-order valence-corrected chi connectivity index (χ0v) is 14.5. The van der Waals surface area contributed by atoms with Gasteiger partial charge in [0.15, 0.2) is 6.04 Å². The van der Waals surface area contributed by atoms with Crippen molar-refractivity contribution in [3.05, 3.63) is 0 Å². The molecule has 0 aliphatic rings. The number of aliphatic hydroxyl groups excluding tert-OH is 2. The molecule has 27 heavy (non-hydrogen) atoms. The van der Waals surface area contributed by atoms with Gasteiger partial charge in [0.25, 0.3) is 0 Å². The summed E-state index contributed by atoms with van der Waals surface area (Å²) in [6.45, 7) is -0.161. The first-order valence-corrected chi connectivity index (χ1v) is 7.87. The second-order valence-electron chi connectivity index (χ2n) is 5.57. The van der Waals surface area contributed by atoms with Crippen LogP contribution in [0.2, 0.25) is 0 Å². The highest BCUT2D eigenvalue weighted by atomic mass is 16.4. The van der Waals surface area contributed by atoms with E-state index in [1.165, 1.54) is 0 Å². The van der Waals surface area contributed by atoms with Crippen molar-refractivity contribution in [3.63, 3.8) is 0 Å². The van der Waals surface area contributed by atoms with Crippen LogP contribution in [-0.4, -0.2) is 87.5 Å². The maximum absolute atomic E-state index is 12.2. The van der Waals surface area contributed by atoms with E-state index in [0.717, 1.165) is 6.92 Å². The van der Waals surface area contributed by atoms with Crippen LogP contribution in [0.5, 0.6) is 0 Å². The van der Waals surface area contributed by atoms with Crippen molar-refractivity contribution in [2.45, 2.75) is 44.0 Å². The molecule has 0 heterocycles. The second kappa shape index (κ2) is 11.8. The van der Waals surface area contributed by atoms with E-state index in [1.807, 2.05) is 5.32 Å². The topological polar surface area (TPSA) is 228 Å². The highest BCUT2D eigenvalue weighted by molar-refractivity contribution is 5.93. The Morgan fingerprint density at radius 2 is 1.52 bits per heavy atom. The number of nitrogens with two attached hydrogens (primary N) is 1. The molecular weight excluding hydrogens is 368 g/mol. The Morgan fingerprint density at radius 3 is 1.93 bits per heavy atom. The molecule has 9 N–H and O–H groups in total. The number of nitrogens with one attached hydrogen (secondary N) is 3. The van der Waals surface area contributed by atoms with Crippen molar-refractivity contribution in [2.75, 3.05) is 13.2 Å². The van der Waals surface area contributed by atoms with Crippen LogP contribution < -0.4 is 21.7 Å². The lowest BCUT2D eigenvalue weighted by molar-refractivity contribution is -0.145. The van der Waals surface area contributed by atoms with Gasteiger partial charge in [-0.05, 0) is 13.3 Å². The van der Waals surface area contributed by atoms with Gasteiger partial charge in [-0.3, -0.25) is 19.2 Å². The standard InChI is InChI=1S/C14H24N4O9/c1-6(20)11(14(26)27)18-12(24)7(2-3-10(22)23)17-13(25)8(5-19)16-9(21)4-15/h6-8,11,19-20H,2-5,15H2,1H3,(H,16,21)(H,17,25)(H,18,24)(H,22,23)(H,26,27). The number of carboxylic acids is 2. The summed E-state index contributed by atoms with van der Waals surface area (Å²) in [5.41, 5.74) is 5.08. The smallest absolute Gasteiger partial charge is 0.328 e. The first kappa shape index (κ1) is 24.2. The van der Waals surface area contributed by atoms with Crippen LogP contribution in [0.3, 0.4) is 0 Å².